The van der Waals surface area contributed by atoms with Crippen LogP contribution >= 0.6 is 0 Å². The zero-order valence-electron chi connectivity index (χ0n) is 14.9. The van der Waals surface area contributed by atoms with E-state index in [1.54, 1.807) is 0 Å². The summed E-state index contributed by atoms with van der Waals surface area (Å²) in [6, 6.07) is 15.7. The Labute approximate surface area is 153 Å². The van der Waals surface area contributed by atoms with Gasteiger partial charge in [-0.15, -0.1) is 0 Å². The molecule has 2 aromatic rings. The first kappa shape index (κ1) is 16.6. The van der Waals surface area contributed by atoms with Crippen LogP contribution in [0.3, 0.4) is 0 Å². The van der Waals surface area contributed by atoms with Gasteiger partial charge < -0.3 is 15.5 Å². The first-order valence-electron chi connectivity index (χ1n) is 9.19. The lowest BCUT2D eigenvalue weighted by molar-refractivity contribution is -0.114. The van der Waals surface area contributed by atoms with E-state index in [0.29, 0.717) is 0 Å². The minimum absolute atomic E-state index is 0.0924. The summed E-state index contributed by atoms with van der Waals surface area (Å²) >= 11 is 0. The number of anilines is 2. The number of hydrogen-bond donors (Lipinski definition) is 2. The number of para-hydroxylation sites is 1. The second-order valence-corrected chi connectivity index (χ2v) is 7.05. The fraction of sp³-hybridized carbons (Fsp3) is 0.333. The number of rotatable bonds is 3. The van der Waals surface area contributed by atoms with E-state index in [0.717, 1.165) is 35.3 Å². The number of amides is 2. The first-order valence-corrected chi connectivity index (χ1v) is 9.19. The maximum atomic E-state index is 13.2. The lowest BCUT2D eigenvalue weighted by atomic mass is 10.0. The second-order valence-electron chi connectivity index (χ2n) is 7.05. The number of carbonyl (C=O) groups is 2. The van der Waals surface area contributed by atoms with Gasteiger partial charge in [0, 0.05) is 24.3 Å². The molecule has 0 aromatic heterocycles. The van der Waals surface area contributed by atoms with Gasteiger partial charge in [-0.05, 0) is 42.7 Å². The van der Waals surface area contributed by atoms with Crippen molar-refractivity contribution in [1.82, 2.24) is 4.90 Å². The maximum Gasteiger partial charge on any atom is 0.258 e. The normalized spacial score (nSPS) is 19.8. The van der Waals surface area contributed by atoms with E-state index in [1.165, 1.54) is 19.8 Å². The summed E-state index contributed by atoms with van der Waals surface area (Å²) in [5.74, 6) is 0.00687. The van der Waals surface area contributed by atoms with Gasteiger partial charge in [-0.2, -0.15) is 0 Å². The van der Waals surface area contributed by atoms with Crippen molar-refractivity contribution in [3.63, 3.8) is 0 Å². The van der Waals surface area contributed by atoms with Crippen molar-refractivity contribution in [2.75, 3.05) is 10.6 Å². The Balaban J connectivity index is 1.70. The van der Waals surface area contributed by atoms with Gasteiger partial charge in [-0.25, -0.2) is 0 Å². The van der Waals surface area contributed by atoms with Gasteiger partial charge in [0.25, 0.3) is 5.91 Å². The average Bonchev–Trinajstić information content (AvgIpc) is 3.16. The quantitative estimate of drug-likeness (QED) is 0.875. The van der Waals surface area contributed by atoms with Crippen LogP contribution in [0, 0.1) is 0 Å². The molecule has 1 saturated carbocycles. The molecule has 2 aliphatic rings. The molecule has 0 spiro atoms. The first-order chi connectivity index (χ1) is 12.6. The van der Waals surface area contributed by atoms with Crippen LogP contribution < -0.4 is 10.6 Å². The van der Waals surface area contributed by atoms with E-state index < -0.39 is 0 Å². The summed E-state index contributed by atoms with van der Waals surface area (Å²) in [7, 11) is 0. The van der Waals surface area contributed by atoms with E-state index in [4.69, 9.17) is 0 Å². The van der Waals surface area contributed by atoms with Crippen molar-refractivity contribution < 1.29 is 9.59 Å². The van der Waals surface area contributed by atoms with Gasteiger partial charge in [0.15, 0.2) is 0 Å². The van der Waals surface area contributed by atoms with Crippen LogP contribution in [0.25, 0.3) is 0 Å². The van der Waals surface area contributed by atoms with E-state index in [9.17, 15) is 9.59 Å². The molecule has 1 heterocycles. The second kappa shape index (κ2) is 6.83. The average molecular weight is 349 g/mol. The monoisotopic (exact) mass is 349 g/mol. The fourth-order valence-corrected chi connectivity index (χ4v) is 4.02. The summed E-state index contributed by atoms with van der Waals surface area (Å²) in [5.41, 5.74) is 3.40. The summed E-state index contributed by atoms with van der Waals surface area (Å²) < 4.78 is 0. The number of benzene rings is 2. The molecule has 5 nitrogen and oxygen atoms in total. The van der Waals surface area contributed by atoms with Crippen molar-refractivity contribution in [3.8, 4) is 0 Å². The van der Waals surface area contributed by atoms with Crippen molar-refractivity contribution in [1.29, 1.82) is 0 Å². The van der Waals surface area contributed by atoms with Crippen LogP contribution in [0.15, 0.2) is 48.5 Å². The molecule has 1 unspecified atom stereocenters. The Bertz CT molecular complexity index is 825. The Hall–Kier alpha value is -2.82. The molecule has 1 fully saturated rings. The minimum Gasteiger partial charge on any atom is -0.361 e. The van der Waals surface area contributed by atoms with Crippen LogP contribution in [0.5, 0.6) is 0 Å². The van der Waals surface area contributed by atoms with Gasteiger partial charge in [0.2, 0.25) is 5.91 Å². The number of carbonyl (C=O) groups excluding carboxylic acids is 2. The molecular weight excluding hydrogens is 326 g/mol. The molecule has 1 aliphatic heterocycles. The third-order valence-electron chi connectivity index (χ3n) is 5.23. The highest BCUT2D eigenvalue weighted by atomic mass is 16.2. The van der Waals surface area contributed by atoms with Gasteiger partial charge in [0.05, 0.1) is 5.56 Å². The van der Waals surface area contributed by atoms with Crippen molar-refractivity contribution >= 4 is 23.2 Å². The minimum atomic E-state index is -0.188. The number of nitrogens with one attached hydrogen (secondary N) is 2. The molecular formula is C21H23N3O2. The van der Waals surface area contributed by atoms with Crippen LogP contribution in [-0.4, -0.2) is 22.8 Å². The number of fused-ring (bicyclic) bond motifs is 1. The third-order valence-corrected chi connectivity index (χ3v) is 5.23. The standard InChI is InChI=1S/C21H23N3O2/c1-14(25)22-16-12-10-15(11-13-16)20-23-19-9-5-4-8-18(19)21(26)24(20)17-6-2-3-7-17/h4-5,8-13,17,20,23H,2-3,6-7H2,1H3,(H,22,25). The van der Waals surface area contributed by atoms with Crippen LogP contribution in [0.1, 0.15) is 54.7 Å². The summed E-state index contributed by atoms with van der Waals surface area (Å²) in [6.45, 7) is 1.49. The highest BCUT2D eigenvalue weighted by Crippen LogP contribution is 2.38. The predicted molar refractivity (Wildman–Crippen MR) is 102 cm³/mol. The van der Waals surface area contributed by atoms with Crippen LogP contribution in [0.2, 0.25) is 0 Å². The third kappa shape index (κ3) is 3.05. The Morgan fingerprint density at radius 1 is 1.08 bits per heavy atom. The summed E-state index contributed by atoms with van der Waals surface area (Å²) in [4.78, 5) is 26.5. The molecule has 0 saturated heterocycles. The van der Waals surface area contributed by atoms with Gasteiger partial charge >= 0.3 is 0 Å². The summed E-state index contributed by atoms with van der Waals surface area (Å²) in [6.07, 6.45) is 4.26. The highest BCUT2D eigenvalue weighted by Gasteiger charge is 2.38. The van der Waals surface area contributed by atoms with Crippen molar-refractivity contribution in [2.45, 2.75) is 44.8 Å². The predicted octanol–water partition coefficient (Wildman–Crippen LogP) is 4.15. The number of hydrogen-bond acceptors (Lipinski definition) is 3. The van der Waals surface area contributed by atoms with Gasteiger partial charge in [0.1, 0.15) is 6.17 Å². The number of nitrogens with zero attached hydrogens (tertiary/aromatic N) is 1. The Morgan fingerprint density at radius 3 is 2.46 bits per heavy atom. The van der Waals surface area contributed by atoms with Crippen LogP contribution in [0.4, 0.5) is 11.4 Å². The lowest BCUT2D eigenvalue weighted by Crippen LogP contribution is -2.47. The van der Waals surface area contributed by atoms with Crippen molar-refractivity contribution in [3.05, 3.63) is 59.7 Å². The summed E-state index contributed by atoms with van der Waals surface area (Å²) in [5, 5.41) is 6.33. The lowest BCUT2D eigenvalue weighted by Gasteiger charge is -2.41. The molecule has 2 N–H and O–H groups in total. The topological polar surface area (TPSA) is 61.4 Å². The van der Waals surface area contributed by atoms with Crippen LogP contribution in [-0.2, 0) is 4.79 Å². The Kier molecular flexibility index (Phi) is 4.37. The SMILES string of the molecule is CC(=O)Nc1ccc(C2Nc3ccccc3C(=O)N2C2CCCC2)cc1. The Morgan fingerprint density at radius 2 is 1.77 bits per heavy atom. The van der Waals surface area contributed by atoms with E-state index in [-0.39, 0.29) is 24.0 Å². The van der Waals surface area contributed by atoms with Gasteiger partial charge in [-0.1, -0.05) is 37.1 Å². The van der Waals surface area contributed by atoms with Gasteiger partial charge in [-0.3, -0.25) is 9.59 Å². The zero-order valence-corrected chi connectivity index (χ0v) is 14.9. The maximum absolute atomic E-state index is 13.2. The smallest absolute Gasteiger partial charge is 0.258 e. The molecule has 1 atom stereocenters. The highest BCUT2D eigenvalue weighted by molar-refractivity contribution is 6.02. The largest absolute Gasteiger partial charge is 0.361 e. The molecule has 4 rings (SSSR count). The van der Waals surface area contributed by atoms with Crippen molar-refractivity contribution in [2.24, 2.45) is 0 Å². The van der Waals surface area contributed by atoms with E-state index in [1.807, 2.05) is 53.4 Å². The molecule has 5 heteroatoms. The molecule has 0 radical (unpaired) electrons. The molecule has 1 aliphatic carbocycles. The fourth-order valence-electron chi connectivity index (χ4n) is 4.02. The molecule has 26 heavy (non-hydrogen) atoms. The molecule has 2 aromatic carbocycles. The zero-order chi connectivity index (χ0) is 18.1. The van der Waals surface area contributed by atoms with E-state index in [2.05, 4.69) is 10.6 Å². The molecule has 134 valence electrons. The molecule has 0 bridgehead atoms. The molecule has 2 amide bonds. The van der Waals surface area contributed by atoms with E-state index >= 15 is 0 Å².